The molecule has 7 heteroatoms. The second-order valence-electron chi connectivity index (χ2n) is 5.60. The number of carbonyl (C=O) groups excluding carboxylic acids is 2. The molecule has 1 N–H and O–H groups in total. The van der Waals surface area contributed by atoms with Gasteiger partial charge in [-0.1, -0.05) is 6.92 Å². The number of aromatic nitrogens is 2. The predicted octanol–water partition coefficient (Wildman–Crippen LogP) is 1.71. The normalized spacial score (nSPS) is 13.7. The first-order chi connectivity index (χ1) is 11.1. The third-order valence-electron chi connectivity index (χ3n) is 4.17. The molecule has 3 heterocycles. The maximum Gasteiger partial charge on any atom is 0.255 e. The van der Waals surface area contributed by atoms with Gasteiger partial charge in [-0.05, 0) is 11.4 Å². The lowest BCUT2D eigenvalue weighted by Gasteiger charge is -2.27. The smallest absolute Gasteiger partial charge is 0.255 e. The number of nitrogens with one attached hydrogen (secondary N) is 1. The van der Waals surface area contributed by atoms with Crippen LogP contribution in [0.3, 0.4) is 0 Å². The third kappa shape index (κ3) is 3.14. The van der Waals surface area contributed by atoms with Gasteiger partial charge in [0.05, 0.1) is 30.0 Å². The zero-order chi connectivity index (χ0) is 16.4. The van der Waals surface area contributed by atoms with E-state index in [1.54, 1.807) is 0 Å². The Morgan fingerprint density at radius 3 is 2.96 bits per heavy atom. The summed E-state index contributed by atoms with van der Waals surface area (Å²) in [6.07, 6.45) is 1.22. The van der Waals surface area contributed by atoms with Gasteiger partial charge in [0.2, 0.25) is 5.91 Å². The Bertz CT molecular complexity index is 721. The SMILES string of the molecule is CCC(=O)NCc1nc2c(n1C)CN(C(=O)c1ccsc1)CC2. The second-order valence-corrected chi connectivity index (χ2v) is 6.38. The van der Waals surface area contributed by atoms with Crippen molar-refractivity contribution in [3.63, 3.8) is 0 Å². The molecule has 122 valence electrons. The lowest BCUT2D eigenvalue weighted by Crippen LogP contribution is -2.36. The minimum Gasteiger partial charge on any atom is -0.349 e. The predicted molar refractivity (Wildman–Crippen MR) is 88.1 cm³/mol. The van der Waals surface area contributed by atoms with E-state index in [2.05, 4.69) is 10.3 Å². The summed E-state index contributed by atoms with van der Waals surface area (Å²) in [4.78, 5) is 30.4. The summed E-state index contributed by atoms with van der Waals surface area (Å²) in [5, 5.41) is 6.65. The fourth-order valence-electron chi connectivity index (χ4n) is 2.75. The highest BCUT2D eigenvalue weighted by Crippen LogP contribution is 2.21. The van der Waals surface area contributed by atoms with Crippen LogP contribution in [0.4, 0.5) is 0 Å². The van der Waals surface area contributed by atoms with Gasteiger partial charge in [-0.2, -0.15) is 11.3 Å². The second kappa shape index (κ2) is 6.54. The minimum absolute atomic E-state index is 0.0141. The van der Waals surface area contributed by atoms with E-state index in [-0.39, 0.29) is 11.8 Å². The van der Waals surface area contributed by atoms with E-state index >= 15 is 0 Å². The van der Waals surface area contributed by atoms with Crippen molar-refractivity contribution in [3.05, 3.63) is 39.6 Å². The van der Waals surface area contributed by atoms with Crippen molar-refractivity contribution in [1.82, 2.24) is 19.8 Å². The fraction of sp³-hybridized carbons (Fsp3) is 0.438. The van der Waals surface area contributed by atoms with Gasteiger partial charge in [0.15, 0.2) is 0 Å². The topological polar surface area (TPSA) is 67.2 Å². The summed E-state index contributed by atoms with van der Waals surface area (Å²) in [6, 6.07) is 1.86. The number of nitrogens with zero attached hydrogens (tertiary/aromatic N) is 3. The first-order valence-corrected chi connectivity index (χ1v) is 8.66. The van der Waals surface area contributed by atoms with Crippen molar-refractivity contribution in [2.24, 2.45) is 7.05 Å². The zero-order valence-corrected chi connectivity index (χ0v) is 14.2. The highest BCUT2D eigenvalue weighted by atomic mass is 32.1. The van der Waals surface area contributed by atoms with Crippen LogP contribution in [0.5, 0.6) is 0 Å². The molecule has 23 heavy (non-hydrogen) atoms. The Balaban J connectivity index is 1.74. The van der Waals surface area contributed by atoms with Crippen LogP contribution < -0.4 is 5.32 Å². The van der Waals surface area contributed by atoms with Crippen molar-refractivity contribution in [1.29, 1.82) is 0 Å². The molecule has 3 rings (SSSR count). The van der Waals surface area contributed by atoms with E-state index in [0.717, 1.165) is 29.2 Å². The molecule has 0 saturated carbocycles. The standard InChI is InChI=1S/C16H20N4O2S/c1-3-15(21)17-8-14-18-12-4-6-20(9-13(12)19(14)2)16(22)11-5-7-23-10-11/h5,7,10H,3-4,6,8-9H2,1-2H3,(H,17,21). The Morgan fingerprint density at radius 1 is 1.43 bits per heavy atom. The number of fused-ring (bicyclic) bond motifs is 1. The van der Waals surface area contributed by atoms with Crippen molar-refractivity contribution in [3.8, 4) is 0 Å². The van der Waals surface area contributed by atoms with Crippen LogP contribution >= 0.6 is 11.3 Å². The summed E-state index contributed by atoms with van der Waals surface area (Å²) in [5.74, 6) is 0.917. The summed E-state index contributed by atoms with van der Waals surface area (Å²) < 4.78 is 2.00. The Hall–Kier alpha value is -2.15. The number of hydrogen-bond acceptors (Lipinski definition) is 4. The summed E-state index contributed by atoms with van der Waals surface area (Å²) in [7, 11) is 1.94. The van der Waals surface area contributed by atoms with Crippen LogP contribution in [0, 0.1) is 0 Å². The molecule has 0 unspecified atom stereocenters. The first-order valence-electron chi connectivity index (χ1n) is 7.71. The van der Waals surface area contributed by atoms with Crippen LogP contribution in [-0.4, -0.2) is 32.8 Å². The number of hydrogen-bond donors (Lipinski definition) is 1. The molecular formula is C16H20N4O2S. The Labute approximate surface area is 139 Å². The van der Waals surface area contributed by atoms with Crippen LogP contribution in [0.25, 0.3) is 0 Å². The molecule has 0 aliphatic carbocycles. The van der Waals surface area contributed by atoms with Gasteiger partial charge in [0.25, 0.3) is 5.91 Å². The molecule has 2 amide bonds. The van der Waals surface area contributed by atoms with Crippen molar-refractivity contribution in [2.45, 2.75) is 32.9 Å². The fourth-order valence-corrected chi connectivity index (χ4v) is 3.38. The van der Waals surface area contributed by atoms with Crippen LogP contribution in [-0.2, 0) is 31.4 Å². The molecule has 0 aromatic carbocycles. The minimum atomic E-state index is 0.0141. The van der Waals surface area contributed by atoms with Gasteiger partial charge in [-0.25, -0.2) is 4.98 Å². The monoisotopic (exact) mass is 332 g/mol. The molecule has 1 aliphatic heterocycles. The first kappa shape index (κ1) is 15.7. The van der Waals surface area contributed by atoms with Gasteiger partial charge >= 0.3 is 0 Å². The van der Waals surface area contributed by atoms with E-state index in [0.29, 0.717) is 26.1 Å². The average molecular weight is 332 g/mol. The maximum absolute atomic E-state index is 12.5. The zero-order valence-electron chi connectivity index (χ0n) is 13.3. The summed E-state index contributed by atoms with van der Waals surface area (Å²) in [5.41, 5.74) is 2.83. The third-order valence-corrected chi connectivity index (χ3v) is 4.85. The maximum atomic E-state index is 12.5. The van der Waals surface area contributed by atoms with Gasteiger partial charge in [-0.3, -0.25) is 9.59 Å². The molecule has 0 radical (unpaired) electrons. The molecule has 0 atom stereocenters. The van der Waals surface area contributed by atoms with Gasteiger partial charge in [0.1, 0.15) is 5.82 Å². The van der Waals surface area contributed by atoms with Crippen molar-refractivity contribution >= 4 is 23.2 Å². The highest BCUT2D eigenvalue weighted by molar-refractivity contribution is 7.08. The molecule has 0 fully saturated rings. The number of thiophene rings is 1. The Morgan fingerprint density at radius 2 is 2.26 bits per heavy atom. The molecule has 1 aliphatic rings. The van der Waals surface area contributed by atoms with Crippen LogP contribution in [0.2, 0.25) is 0 Å². The average Bonchev–Trinajstić information content (AvgIpc) is 3.20. The highest BCUT2D eigenvalue weighted by Gasteiger charge is 2.26. The van der Waals surface area contributed by atoms with Gasteiger partial charge < -0.3 is 14.8 Å². The van der Waals surface area contributed by atoms with E-state index in [4.69, 9.17) is 0 Å². The summed E-state index contributed by atoms with van der Waals surface area (Å²) >= 11 is 1.53. The van der Waals surface area contributed by atoms with Gasteiger partial charge in [0, 0.05) is 31.8 Å². The van der Waals surface area contributed by atoms with E-state index in [9.17, 15) is 9.59 Å². The molecule has 0 bridgehead atoms. The number of amides is 2. The molecule has 2 aromatic rings. The van der Waals surface area contributed by atoms with E-state index < -0.39 is 0 Å². The molecular weight excluding hydrogens is 312 g/mol. The lowest BCUT2D eigenvalue weighted by atomic mass is 10.1. The molecule has 2 aromatic heterocycles. The quantitative estimate of drug-likeness (QED) is 0.927. The van der Waals surface area contributed by atoms with Crippen LogP contribution in [0.15, 0.2) is 16.8 Å². The lowest BCUT2D eigenvalue weighted by molar-refractivity contribution is -0.120. The molecule has 0 saturated heterocycles. The van der Waals surface area contributed by atoms with E-state index in [1.807, 2.05) is 40.3 Å². The molecule has 0 spiro atoms. The number of carbonyl (C=O) groups is 2. The van der Waals surface area contributed by atoms with Crippen LogP contribution in [0.1, 0.15) is 40.9 Å². The largest absolute Gasteiger partial charge is 0.349 e. The Kier molecular flexibility index (Phi) is 4.47. The van der Waals surface area contributed by atoms with Gasteiger partial charge in [-0.15, -0.1) is 0 Å². The number of imidazole rings is 1. The van der Waals surface area contributed by atoms with E-state index in [1.165, 1.54) is 11.3 Å². The molecule has 6 nitrogen and oxygen atoms in total. The van der Waals surface area contributed by atoms with Crippen molar-refractivity contribution < 1.29 is 9.59 Å². The van der Waals surface area contributed by atoms with Crippen molar-refractivity contribution in [2.75, 3.05) is 6.54 Å². The number of rotatable bonds is 4. The summed E-state index contributed by atoms with van der Waals surface area (Å²) in [6.45, 7) is 3.50.